The number of rotatable bonds is 3. The van der Waals surface area contributed by atoms with Crippen LogP contribution < -0.4 is 4.74 Å². The Morgan fingerprint density at radius 3 is 2.89 bits per heavy atom. The summed E-state index contributed by atoms with van der Waals surface area (Å²) in [6, 6.07) is 5.72. The maximum atomic E-state index is 9.02. The van der Waals surface area contributed by atoms with E-state index in [4.69, 9.17) is 10.00 Å². The fraction of sp³-hybridized carbons (Fsp3) is 0.467. The standard InChI is InChI=1S/C15H18N2O/c1-11-5-3-4-6-14(11)10-18-15-13(9-16)8-7-12(2)17-15/h3-4,7-8,11,14H,5-6,10H2,1-2H3. The predicted octanol–water partition coefficient (Wildman–Crippen LogP) is 3.24. The van der Waals surface area contributed by atoms with Gasteiger partial charge >= 0.3 is 0 Å². The minimum absolute atomic E-state index is 0.472. The molecule has 0 aromatic carbocycles. The molecule has 0 bridgehead atoms. The highest BCUT2D eigenvalue weighted by Gasteiger charge is 2.19. The lowest BCUT2D eigenvalue weighted by atomic mass is 9.85. The summed E-state index contributed by atoms with van der Waals surface area (Å²) in [6.45, 7) is 4.78. The summed E-state index contributed by atoms with van der Waals surface area (Å²) in [4.78, 5) is 4.29. The Morgan fingerprint density at radius 1 is 1.39 bits per heavy atom. The number of nitriles is 1. The van der Waals surface area contributed by atoms with E-state index in [9.17, 15) is 0 Å². The molecule has 0 amide bonds. The van der Waals surface area contributed by atoms with Crippen LogP contribution in [0.25, 0.3) is 0 Å². The van der Waals surface area contributed by atoms with Crippen LogP contribution in [0.3, 0.4) is 0 Å². The zero-order valence-corrected chi connectivity index (χ0v) is 10.9. The Balaban J connectivity index is 2.04. The van der Waals surface area contributed by atoms with Crippen molar-refractivity contribution in [1.82, 2.24) is 4.98 Å². The maximum Gasteiger partial charge on any atom is 0.231 e. The Hall–Kier alpha value is -1.82. The van der Waals surface area contributed by atoms with Crippen LogP contribution in [0, 0.1) is 30.1 Å². The van der Waals surface area contributed by atoms with E-state index in [1.165, 1.54) is 0 Å². The van der Waals surface area contributed by atoms with Crippen LogP contribution in [0.1, 0.15) is 31.0 Å². The summed E-state index contributed by atoms with van der Waals surface area (Å²) < 4.78 is 5.75. The summed E-state index contributed by atoms with van der Waals surface area (Å²) in [6.07, 6.45) is 6.60. The third kappa shape index (κ3) is 2.89. The van der Waals surface area contributed by atoms with E-state index in [-0.39, 0.29) is 0 Å². The summed E-state index contributed by atoms with van der Waals surface area (Å²) in [5, 5.41) is 9.02. The molecule has 2 rings (SSSR count). The molecule has 0 radical (unpaired) electrons. The van der Waals surface area contributed by atoms with E-state index in [1.54, 1.807) is 6.07 Å². The van der Waals surface area contributed by atoms with Gasteiger partial charge in [-0.25, -0.2) is 4.98 Å². The van der Waals surface area contributed by atoms with Crippen molar-refractivity contribution in [3.05, 3.63) is 35.5 Å². The molecular formula is C15H18N2O. The molecule has 1 heterocycles. The van der Waals surface area contributed by atoms with Gasteiger partial charge in [-0.3, -0.25) is 0 Å². The first-order valence-corrected chi connectivity index (χ1v) is 6.36. The average molecular weight is 242 g/mol. The van der Waals surface area contributed by atoms with E-state index < -0.39 is 0 Å². The highest BCUT2D eigenvalue weighted by Crippen LogP contribution is 2.26. The van der Waals surface area contributed by atoms with E-state index in [0.29, 0.717) is 29.9 Å². The summed E-state index contributed by atoms with van der Waals surface area (Å²) in [5.41, 5.74) is 1.39. The van der Waals surface area contributed by atoms with Gasteiger partial charge in [0.2, 0.25) is 5.88 Å². The second kappa shape index (κ2) is 5.68. The Morgan fingerprint density at radius 2 is 2.17 bits per heavy atom. The monoisotopic (exact) mass is 242 g/mol. The van der Waals surface area contributed by atoms with Gasteiger partial charge in [0.15, 0.2) is 0 Å². The molecule has 0 spiro atoms. The average Bonchev–Trinajstić information content (AvgIpc) is 2.38. The topological polar surface area (TPSA) is 45.9 Å². The van der Waals surface area contributed by atoms with Gasteiger partial charge in [-0.15, -0.1) is 0 Å². The van der Waals surface area contributed by atoms with E-state index in [2.05, 4.69) is 30.1 Å². The quantitative estimate of drug-likeness (QED) is 0.764. The molecule has 1 aromatic rings. The first-order valence-electron chi connectivity index (χ1n) is 6.36. The Labute approximate surface area is 108 Å². The number of pyridine rings is 1. The summed E-state index contributed by atoms with van der Waals surface area (Å²) >= 11 is 0. The van der Waals surface area contributed by atoms with Crippen LogP contribution in [0.15, 0.2) is 24.3 Å². The maximum absolute atomic E-state index is 9.02. The Kier molecular flexibility index (Phi) is 3.99. The van der Waals surface area contributed by atoms with Crippen LogP contribution in [0.2, 0.25) is 0 Å². The number of hydrogen-bond donors (Lipinski definition) is 0. The van der Waals surface area contributed by atoms with Gasteiger partial charge in [-0.05, 0) is 43.7 Å². The van der Waals surface area contributed by atoms with Gasteiger partial charge in [-0.2, -0.15) is 5.26 Å². The highest BCUT2D eigenvalue weighted by atomic mass is 16.5. The fourth-order valence-electron chi connectivity index (χ4n) is 2.15. The number of hydrogen-bond acceptors (Lipinski definition) is 3. The first kappa shape index (κ1) is 12.6. The molecule has 1 aromatic heterocycles. The Bertz CT molecular complexity index is 488. The van der Waals surface area contributed by atoms with Crippen molar-refractivity contribution in [2.75, 3.05) is 6.61 Å². The predicted molar refractivity (Wildman–Crippen MR) is 70.2 cm³/mol. The minimum Gasteiger partial charge on any atom is -0.476 e. The van der Waals surface area contributed by atoms with E-state index >= 15 is 0 Å². The van der Waals surface area contributed by atoms with Crippen molar-refractivity contribution in [3.8, 4) is 11.9 Å². The number of aromatic nitrogens is 1. The van der Waals surface area contributed by atoms with E-state index in [1.807, 2.05) is 13.0 Å². The van der Waals surface area contributed by atoms with Crippen molar-refractivity contribution in [3.63, 3.8) is 0 Å². The van der Waals surface area contributed by atoms with Crippen molar-refractivity contribution >= 4 is 0 Å². The van der Waals surface area contributed by atoms with Crippen molar-refractivity contribution in [2.45, 2.75) is 26.7 Å². The van der Waals surface area contributed by atoms with Gasteiger partial charge < -0.3 is 4.74 Å². The second-order valence-electron chi connectivity index (χ2n) is 4.91. The van der Waals surface area contributed by atoms with Crippen molar-refractivity contribution < 1.29 is 4.74 Å². The first-order chi connectivity index (χ1) is 8.70. The molecule has 94 valence electrons. The van der Waals surface area contributed by atoms with Crippen LogP contribution in [0.5, 0.6) is 5.88 Å². The molecule has 3 heteroatoms. The molecule has 0 aliphatic heterocycles. The van der Waals surface area contributed by atoms with Gasteiger partial charge in [0.1, 0.15) is 11.6 Å². The highest BCUT2D eigenvalue weighted by molar-refractivity contribution is 5.38. The summed E-state index contributed by atoms with van der Waals surface area (Å²) in [5.74, 6) is 1.62. The molecule has 1 aliphatic rings. The summed E-state index contributed by atoms with van der Waals surface area (Å²) in [7, 11) is 0. The lowest BCUT2D eigenvalue weighted by Gasteiger charge is -2.25. The van der Waals surface area contributed by atoms with Crippen molar-refractivity contribution in [1.29, 1.82) is 5.26 Å². The third-order valence-electron chi connectivity index (χ3n) is 3.47. The van der Waals surface area contributed by atoms with Gasteiger partial charge in [0.25, 0.3) is 0 Å². The number of ether oxygens (including phenoxy) is 1. The largest absolute Gasteiger partial charge is 0.476 e. The zero-order valence-electron chi connectivity index (χ0n) is 10.9. The normalized spacial score (nSPS) is 22.5. The third-order valence-corrected chi connectivity index (χ3v) is 3.47. The van der Waals surface area contributed by atoms with Gasteiger partial charge in [-0.1, -0.05) is 19.1 Å². The van der Waals surface area contributed by atoms with E-state index in [0.717, 1.165) is 18.5 Å². The molecule has 2 atom stereocenters. The SMILES string of the molecule is Cc1ccc(C#N)c(OCC2CC=CCC2C)n1. The lowest BCUT2D eigenvalue weighted by Crippen LogP contribution is -2.21. The number of nitrogens with zero attached hydrogens (tertiary/aromatic N) is 2. The van der Waals surface area contributed by atoms with Gasteiger partial charge in [0, 0.05) is 5.69 Å². The lowest BCUT2D eigenvalue weighted by molar-refractivity contribution is 0.192. The van der Waals surface area contributed by atoms with Gasteiger partial charge in [0.05, 0.1) is 6.61 Å². The molecular weight excluding hydrogens is 224 g/mol. The minimum atomic E-state index is 0.472. The molecule has 0 saturated carbocycles. The number of aryl methyl sites for hydroxylation is 1. The zero-order chi connectivity index (χ0) is 13.0. The van der Waals surface area contributed by atoms with Crippen LogP contribution in [-0.2, 0) is 0 Å². The fourth-order valence-corrected chi connectivity index (χ4v) is 2.15. The molecule has 2 unspecified atom stereocenters. The van der Waals surface area contributed by atoms with Crippen LogP contribution in [0.4, 0.5) is 0 Å². The second-order valence-corrected chi connectivity index (χ2v) is 4.91. The number of allylic oxidation sites excluding steroid dienone is 2. The molecule has 1 aliphatic carbocycles. The molecule has 0 N–H and O–H groups in total. The molecule has 18 heavy (non-hydrogen) atoms. The molecule has 3 nitrogen and oxygen atoms in total. The van der Waals surface area contributed by atoms with Crippen LogP contribution in [-0.4, -0.2) is 11.6 Å². The van der Waals surface area contributed by atoms with Crippen LogP contribution >= 0.6 is 0 Å². The smallest absolute Gasteiger partial charge is 0.231 e. The van der Waals surface area contributed by atoms with Crippen molar-refractivity contribution in [2.24, 2.45) is 11.8 Å². The molecule has 0 fully saturated rings. The molecule has 0 saturated heterocycles.